The van der Waals surface area contributed by atoms with Gasteiger partial charge in [0.15, 0.2) is 5.65 Å². The number of hydrogen-bond acceptors (Lipinski definition) is 5. The van der Waals surface area contributed by atoms with Crippen LogP contribution in [0.5, 0.6) is 0 Å². The summed E-state index contributed by atoms with van der Waals surface area (Å²) in [7, 11) is 1.51. The first-order valence-electron chi connectivity index (χ1n) is 6.03. The highest BCUT2D eigenvalue weighted by atomic mass is 16.5. The standard InChI is InChI=1S/C12H17N5O2/c1-19-8-9(13)12(18)14-6-5-11-16-15-10-4-2-3-7-17(10)11/h2-4,7,9H,5-6,8,13H2,1H3,(H,14,18). The van der Waals surface area contributed by atoms with Crippen molar-refractivity contribution >= 4 is 11.6 Å². The summed E-state index contributed by atoms with van der Waals surface area (Å²) >= 11 is 0. The highest BCUT2D eigenvalue weighted by Crippen LogP contribution is 2.02. The average molecular weight is 263 g/mol. The molecule has 1 amide bonds. The molecule has 2 aromatic heterocycles. The van der Waals surface area contributed by atoms with E-state index in [1.54, 1.807) is 0 Å². The zero-order chi connectivity index (χ0) is 13.7. The van der Waals surface area contributed by atoms with E-state index in [9.17, 15) is 4.79 Å². The third-order valence-electron chi connectivity index (χ3n) is 2.72. The third kappa shape index (κ3) is 3.27. The Bertz CT molecular complexity index is 554. The minimum absolute atomic E-state index is 0.208. The number of methoxy groups -OCH3 is 1. The van der Waals surface area contributed by atoms with Crippen LogP contribution < -0.4 is 11.1 Å². The first-order valence-corrected chi connectivity index (χ1v) is 6.03. The Hall–Kier alpha value is -1.99. The zero-order valence-electron chi connectivity index (χ0n) is 10.7. The number of rotatable bonds is 6. The Morgan fingerprint density at radius 2 is 2.37 bits per heavy atom. The van der Waals surface area contributed by atoms with Gasteiger partial charge >= 0.3 is 0 Å². The SMILES string of the molecule is COCC(N)C(=O)NCCc1nnc2ccccn12. The number of nitrogens with one attached hydrogen (secondary N) is 1. The Labute approximate surface area is 110 Å². The van der Waals surface area contributed by atoms with Crippen molar-refractivity contribution in [3.8, 4) is 0 Å². The number of ether oxygens (including phenoxy) is 1. The fourth-order valence-electron chi connectivity index (χ4n) is 1.75. The number of amides is 1. The van der Waals surface area contributed by atoms with Crippen LogP contribution in [0.2, 0.25) is 0 Å². The van der Waals surface area contributed by atoms with Gasteiger partial charge in [-0.15, -0.1) is 10.2 Å². The molecule has 0 aliphatic heterocycles. The van der Waals surface area contributed by atoms with E-state index in [1.165, 1.54) is 7.11 Å². The molecule has 7 heteroatoms. The summed E-state index contributed by atoms with van der Waals surface area (Å²) in [6, 6.07) is 5.05. The summed E-state index contributed by atoms with van der Waals surface area (Å²) in [5.74, 6) is 0.576. The number of nitrogens with two attached hydrogens (primary N) is 1. The van der Waals surface area contributed by atoms with Gasteiger partial charge in [0.25, 0.3) is 0 Å². The van der Waals surface area contributed by atoms with Crippen molar-refractivity contribution in [2.45, 2.75) is 12.5 Å². The molecule has 0 saturated carbocycles. The molecule has 0 bridgehead atoms. The predicted molar refractivity (Wildman–Crippen MR) is 69.6 cm³/mol. The molecule has 0 aliphatic rings. The van der Waals surface area contributed by atoms with Gasteiger partial charge in [-0.05, 0) is 12.1 Å². The van der Waals surface area contributed by atoms with Crippen LogP contribution in [0.25, 0.3) is 5.65 Å². The predicted octanol–water partition coefficient (Wildman–Crippen LogP) is -0.638. The highest BCUT2D eigenvalue weighted by molar-refractivity contribution is 5.81. The summed E-state index contributed by atoms with van der Waals surface area (Å²) in [4.78, 5) is 11.6. The first kappa shape index (κ1) is 13.4. The van der Waals surface area contributed by atoms with E-state index < -0.39 is 6.04 Å². The lowest BCUT2D eigenvalue weighted by Gasteiger charge is -2.10. The van der Waals surface area contributed by atoms with Crippen LogP contribution in [0.1, 0.15) is 5.82 Å². The number of nitrogens with zero attached hydrogens (tertiary/aromatic N) is 3. The van der Waals surface area contributed by atoms with E-state index in [1.807, 2.05) is 28.8 Å². The molecule has 102 valence electrons. The molecule has 7 nitrogen and oxygen atoms in total. The van der Waals surface area contributed by atoms with Crippen molar-refractivity contribution in [2.24, 2.45) is 5.73 Å². The summed E-state index contributed by atoms with van der Waals surface area (Å²) in [5, 5.41) is 10.9. The number of aromatic nitrogens is 3. The van der Waals surface area contributed by atoms with Gasteiger partial charge in [0, 0.05) is 26.3 Å². The van der Waals surface area contributed by atoms with Gasteiger partial charge in [-0.1, -0.05) is 6.07 Å². The molecule has 0 aliphatic carbocycles. The molecule has 1 unspecified atom stereocenters. The van der Waals surface area contributed by atoms with Gasteiger partial charge in [0.1, 0.15) is 11.9 Å². The maximum Gasteiger partial charge on any atom is 0.239 e. The first-order chi connectivity index (χ1) is 9.22. The van der Waals surface area contributed by atoms with E-state index in [0.717, 1.165) is 11.5 Å². The fraction of sp³-hybridized carbons (Fsp3) is 0.417. The molecule has 0 radical (unpaired) electrons. The Kier molecular flexibility index (Phi) is 4.43. The van der Waals surface area contributed by atoms with Gasteiger partial charge < -0.3 is 15.8 Å². The van der Waals surface area contributed by atoms with Crippen LogP contribution in [-0.4, -0.2) is 46.8 Å². The van der Waals surface area contributed by atoms with E-state index >= 15 is 0 Å². The Morgan fingerprint density at radius 1 is 1.53 bits per heavy atom. The maximum absolute atomic E-state index is 11.6. The van der Waals surface area contributed by atoms with Gasteiger partial charge in [-0.3, -0.25) is 9.20 Å². The zero-order valence-corrected chi connectivity index (χ0v) is 10.7. The number of fused-ring (bicyclic) bond motifs is 1. The van der Waals surface area contributed by atoms with Crippen molar-refractivity contribution in [3.05, 3.63) is 30.2 Å². The third-order valence-corrected chi connectivity index (χ3v) is 2.72. The molecule has 0 aromatic carbocycles. The van der Waals surface area contributed by atoms with Crippen molar-refractivity contribution in [1.29, 1.82) is 0 Å². The van der Waals surface area contributed by atoms with Crippen molar-refractivity contribution < 1.29 is 9.53 Å². The van der Waals surface area contributed by atoms with E-state index in [-0.39, 0.29) is 12.5 Å². The minimum atomic E-state index is -0.639. The number of pyridine rings is 1. The topological polar surface area (TPSA) is 94.5 Å². The smallest absolute Gasteiger partial charge is 0.239 e. The molecule has 0 saturated heterocycles. The summed E-state index contributed by atoms with van der Waals surface area (Å²) in [6.45, 7) is 0.672. The van der Waals surface area contributed by atoms with Crippen LogP contribution in [-0.2, 0) is 16.0 Å². The van der Waals surface area contributed by atoms with Gasteiger partial charge in [-0.2, -0.15) is 0 Å². The molecular formula is C12H17N5O2. The second kappa shape index (κ2) is 6.26. The average Bonchev–Trinajstić information content (AvgIpc) is 2.82. The fourth-order valence-corrected chi connectivity index (χ4v) is 1.75. The summed E-state index contributed by atoms with van der Waals surface area (Å²) in [5.41, 5.74) is 6.40. The second-order valence-electron chi connectivity index (χ2n) is 4.15. The van der Waals surface area contributed by atoms with Crippen LogP contribution in [0.3, 0.4) is 0 Å². The molecule has 2 aromatic rings. The largest absolute Gasteiger partial charge is 0.383 e. The van der Waals surface area contributed by atoms with Crippen LogP contribution >= 0.6 is 0 Å². The molecule has 0 fully saturated rings. The van der Waals surface area contributed by atoms with Crippen LogP contribution in [0.4, 0.5) is 0 Å². The Balaban J connectivity index is 1.87. The van der Waals surface area contributed by atoms with E-state index in [0.29, 0.717) is 13.0 Å². The van der Waals surface area contributed by atoms with Gasteiger partial charge in [0.05, 0.1) is 6.61 Å². The van der Waals surface area contributed by atoms with Crippen molar-refractivity contribution in [1.82, 2.24) is 19.9 Å². The van der Waals surface area contributed by atoms with E-state index in [2.05, 4.69) is 15.5 Å². The van der Waals surface area contributed by atoms with Crippen molar-refractivity contribution in [2.75, 3.05) is 20.3 Å². The van der Waals surface area contributed by atoms with E-state index in [4.69, 9.17) is 10.5 Å². The summed E-state index contributed by atoms with van der Waals surface area (Å²) in [6.07, 6.45) is 2.49. The summed E-state index contributed by atoms with van der Waals surface area (Å²) < 4.78 is 6.71. The number of carbonyl (C=O) groups excluding carboxylic acids is 1. The normalized spacial score (nSPS) is 12.5. The molecule has 1 atom stereocenters. The second-order valence-corrected chi connectivity index (χ2v) is 4.15. The molecule has 19 heavy (non-hydrogen) atoms. The lowest BCUT2D eigenvalue weighted by atomic mass is 10.3. The minimum Gasteiger partial charge on any atom is -0.383 e. The lowest BCUT2D eigenvalue weighted by molar-refractivity contribution is -0.123. The van der Waals surface area contributed by atoms with Crippen LogP contribution in [0, 0.1) is 0 Å². The van der Waals surface area contributed by atoms with Crippen molar-refractivity contribution in [3.63, 3.8) is 0 Å². The van der Waals surface area contributed by atoms with Gasteiger partial charge in [0.2, 0.25) is 5.91 Å². The molecule has 2 rings (SSSR count). The molecule has 0 spiro atoms. The lowest BCUT2D eigenvalue weighted by Crippen LogP contribution is -2.44. The van der Waals surface area contributed by atoms with Crippen LogP contribution in [0.15, 0.2) is 24.4 Å². The maximum atomic E-state index is 11.6. The number of hydrogen-bond donors (Lipinski definition) is 2. The quantitative estimate of drug-likeness (QED) is 0.723. The van der Waals surface area contributed by atoms with Gasteiger partial charge in [-0.25, -0.2) is 0 Å². The molecule has 2 heterocycles. The molecular weight excluding hydrogens is 246 g/mol. The Morgan fingerprint density at radius 3 is 3.16 bits per heavy atom. The monoisotopic (exact) mass is 263 g/mol. The number of carbonyl (C=O) groups is 1. The highest BCUT2D eigenvalue weighted by Gasteiger charge is 2.12. The molecule has 3 N–H and O–H groups in total.